The summed E-state index contributed by atoms with van der Waals surface area (Å²) in [4.78, 5) is 25.4. The number of urea groups is 1. The Morgan fingerprint density at radius 2 is 1.59 bits per heavy atom. The Bertz CT molecular complexity index is 993. The minimum atomic E-state index is -3.96. The van der Waals surface area contributed by atoms with Crippen molar-refractivity contribution in [1.29, 1.82) is 0 Å². The van der Waals surface area contributed by atoms with Crippen LogP contribution in [-0.4, -0.2) is 55.1 Å². The number of imide groups is 1. The van der Waals surface area contributed by atoms with E-state index < -0.39 is 33.6 Å². The zero-order chi connectivity index (χ0) is 21.2. The molecule has 1 saturated heterocycles. The third-order valence-corrected chi connectivity index (χ3v) is 6.40. The predicted molar refractivity (Wildman–Crippen MR) is 108 cm³/mol. The number of rotatable bonds is 7. The number of nitrogens with one attached hydrogen (secondary N) is 1. The van der Waals surface area contributed by atoms with Crippen LogP contribution in [0.15, 0.2) is 65.6 Å². The lowest BCUT2D eigenvalue weighted by molar-refractivity contribution is -0.131. The molecular weight excluding hydrogens is 394 g/mol. The number of para-hydroxylation sites is 1. The van der Waals surface area contributed by atoms with Crippen molar-refractivity contribution in [1.82, 2.24) is 10.2 Å². The lowest BCUT2D eigenvalue weighted by Crippen LogP contribution is -2.45. The summed E-state index contributed by atoms with van der Waals surface area (Å²) in [7, 11) is -3.96. The average molecular weight is 417 g/mol. The molecule has 2 aromatic carbocycles. The standard InChI is InChI=1S/C20H23N3O5S/c1-20(2)18(25)22(19(26)21-20)13-16(24)14-23(15-9-5-3-6-10-15)29(27,28)17-11-7-4-8-12-17/h3-12,16,24H,13-14H2,1-2H3,(H,21,26). The first-order chi connectivity index (χ1) is 13.6. The summed E-state index contributed by atoms with van der Waals surface area (Å²) in [6, 6.07) is 15.6. The Hall–Kier alpha value is -2.91. The number of sulfonamides is 1. The molecule has 1 heterocycles. The largest absolute Gasteiger partial charge is 0.389 e. The first kappa shape index (κ1) is 20.8. The lowest BCUT2D eigenvalue weighted by Gasteiger charge is -2.28. The van der Waals surface area contributed by atoms with E-state index in [1.54, 1.807) is 62.4 Å². The van der Waals surface area contributed by atoms with E-state index in [4.69, 9.17) is 0 Å². The topological polar surface area (TPSA) is 107 Å². The van der Waals surface area contributed by atoms with Crippen LogP contribution < -0.4 is 9.62 Å². The van der Waals surface area contributed by atoms with Gasteiger partial charge in [0, 0.05) is 0 Å². The average Bonchev–Trinajstić information content (AvgIpc) is 2.89. The van der Waals surface area contributed by atoms with Gasteiger partial charge in [-0.1, -0.05) is 36.4 Å². The highest BCUT2D eigenvalue weighted by Gasteiger charge is 2.45. The molecule has 29 heavy (non-hydrogen) atoms. The number of β-amino-alcohol motifs (C(OH)–C–C–N with tert-alkyl or cyclic N) is 1. The molecule has 2 aromatic rings. The summed E-state index contributed by atoms with van der Waals surface area (Å²) in [6.07, 6.45) is -1.28. The van der Waals surface area contributed by atoms with Crippen molar-refractivity contribution < 1.29 is 23.1 Å². The van der Waals surface area contributed by atoms with Crippen LogP contribution >= 0.6 is 0 Å². The highest BCUT2D eigenvalue weighted by molar-refractivity contribution is 7.92. The van der Waals surface area contributed by atoms with Gasteiger partial charge in [0.15, 0.2) is 0 Å². The number of carbonyl (C=O) groups is 2. The van der Waals surface area contributed by atoms with Crippen molar-refractivity contribution in [3.63, 3.8) is 0 Å². The molecule has 0 saturated carbocycles. The van der Waals surface area contributed by atoms with E-state index in [0.717, 1.165) is 9.21 Å². The molecule has 0 radical (unpaired) electrons. The summed E-state index contributed by atoms with van der Waals surface area (Å²) in [5.41, 5.74) is -0.695. The molecule has 1 aliphatic heterocycles. The number of hydrogen-bond donors (Lipinski definition) is 2. The van der Waals surface area contributed by atoms with Gasteiger partial charge >= 0.3 is 6.03 Å². The molecule has 0 spiro atoms. The summed E-state index contributed by atoms with van der Waals surface area (Å²) in [5.74, 6) is -0.473. The van der Waals surface area contributed by atoms with Crippen LogP contribution in [0.1, 0.15) is 13.8 Å². The Labute approximate surface area is 169 Å². The molecule has 1 unspecified atom stereocenters. The van der Waals surface area contributed by atoms with Crippen LogP contribution in [0, 0.1) is 0 Å². The number of aliphatic hydroxyl groups excluding tert-OH is 1. The van der Waals surface area contributed by atoms with Crippen LogP contribution in [0.4, 0.5) is 10.5 Å². The first-order valence-corrected chi connectivity index (χ1v) is 10.5. The van der Waals surface area contributed by atoms with Crippen molar-refractivity contribution in [3.8, 4) is 0 Å². The van der Waals surface area contributed by atoms with Crippen LogP contribution in [0.2, 0.25) is 0 Å². The van der Waals surface area contributed by atoms with E-state index in [9.17, 15) is 23.1 Å². The fraction of sp³-hybridized carbons (Fsp3) is 0.300. The highest BCUT2D eigenvalue weighted by Crippen LogP contribution is 2.24. The monoisotopic (exact) mass is 417 g/mol. The number of benzene rings is 2. The van der Waals surface area contributed by atoms with Gasteiger partial charge in [0.2, 0.25) is 0 Å². The van der Waals surface area contributed by atoms with Crippen molar-refractivity contribution in [3.05, 3.63) is 60.7 Å². The van der Waals surface area contributed by atoms with E-state index in [0.29, 0.717) is 5.69 Å². The van der Waals surface area contributed by atoms with Crippen molar-refractivity contribution in [2.24, 2.45) is 0 Å². The molecule has 3 amide bonds. The molecule has 0 bridgehead atoms. The molecule has 3 rings (SSSR count). The number of anilines is 1. The molecule has 2 N–H and O–H groups in total. The van der Waals surface area contributed by atoms with E-state index in [1.165, 1.54) is 12.1 Å². The summed E-state index contributed by atoms with van der Waals surface area (Å²) >= 11 is 0. The van der Waals surface area contributed by atoms with Gasteiger partial charge in [-0.3, -0.25) is 14.0 Å². The van der Waals surface area contributed by atoms with Gasteiger partial charge in [-0.25, -0.2) is 13.2 Å². The molecule has 8 nitrogen and oxygen atoms in total. The van der Waals surface area contributed by atoms with E-state index in [1.807, 2.05) is 0 Å². The van der Waals surface area contributed by atoms with Gasteiger partial charge < -0.3 is 10.4 Å². The molecule has 1 atom stereocenters. The Kier molecular flexibility index (Phi) is 5.63. The normalized spacial score (nSPS) is 17.1. The molecular formula is C20H23N3O5S. The molecule has 0 aromatic heterocycles. The van der Waals surface area contributed by atoms with Gasteiger partial charge in [0.1, 0.15) is 5.54 Å². The SMILES string of the molecule is CC1(C)NC(=O)N(CC(O)CN(c2ccccc2)S(=O)(=O)c2ccccc2)C1=O. The molecule has 1 fully saturated rings. The minimum Gasteiger partial charge on any atom is -0.389 e. The van der Waals surface area contributed by atoms with Crippen molar-refractivity contribution >= 4 is 27.6 Å². The zero-order valence-corrected chi connectivity index (χ0v) is 17.0. The van der Waals surface area contributed by atoms with Crippen LogP contribution in [0.5, 0.6) is 0 Å². The van der Waals surface area contributed by atoms with Gasteiger partial charge in [-0.2, -0.15) is 0 Å². The number of hydrogen-bond acceptors (Lipinski definition) is 5. The number of aliphatic hydroxyl groups is 1. The van der Waals surface area contributed by atoms with Gasteiger partial charge in [0.05, 0.1) is 29.8 Å². The molecule has 1 aliphatic rings. The maximum atomic E-state index is 13.2. The van der Waals surface area contributed by atoms with E-state index in [-0.39, 0.29) is 18.0 Å². The molecule has 9 heteroatoms. The Balaban J connectivity index is 1.87. The zero-order valence-electron chi connectivity index (χ0n) is 16.1. The Morgan fingerprint density at radius 3 is 2.10 bits per heavy atom. The second-order valence-electron chi connectivity index (χ2n) is 7.31. The smallest absolute Gasteiger partial charge is 0.325 e. The molecule has 154 valence electrons. The fourth-order valence-electron chi connectivity index (χ4n) is 3.10. The van der Waals surface area contributed by atoms with Gasteiger partial charge in [-0.15, -0.1) is 0 Å². The van der Waals surface area contributed by atoms with E-state index in [2.05, 4.69) is 5.32 Å². The first-order valence-electron chi connectivity index (χ1n) is 9.08. The third kappa shape index (κ3) is 4.25. The predicted octanol–water partition coefficient (Wildman–Crippen LogP) is 1.57. The molecule has 0 aliphatic carbocycles. The summed E-state index contributed by atoms with van der Waals surface area (Å²) in [5, 5.41) is 13.1. The highest BCUT2D eigenvalue weighted by atomic mass is 32.2. The Morgan fingerprint density at radius 1 is 1.03 bits per heavy atom. The van der Waals surface area contributed by atoms with E-state index >= 15 is 0 Å². The minimum absolute atomic E-state index is 0.0761. The summed E-state index contributed by atoms with van der Waals surface area (Å²) < 4.78 is 27.5. The van der Waals surface area contributed by atoms with Crippen LogP contribution in [0.3, 0.4) is 0 Å². The number of amides is 3. The van der Waals surface area contributed by atoms with Gasteiger partial charge in [0.25, 0.3) is 15.9 Å². The maximum absolute atomic E-state index is 13.2. The van der Waals surface area contributed by atoms with Crippen molar-refractivity contribution in [2.75, 3.05) is 17.4 Å². The summed E-state index contributed by atoms with van der Waals surface area (Å²) in [6.45, 7) is 2.49. The second kappa shape index (κ2) is 7.84. The quantitative estimate of drug-likeness (QED) is 0.665. The number of carbonyl (C=O) groups excluding carboxylic acids is 2. The van der Waals surface area contributed by atoms with Crippen LogP contribution in [0.25, 0.3) is 0 Å². The van der Waals surface area contributed by atoms with Crippen LogP contribution in [-0.2, 0) is 14.8 Å². The third-order valence-electron chi connectivity index (χ3n) is 4.59. The second-order valence-corrected chi connectivity index (χ2v) is 9.17. The number of nitrogens with zero attached hydrogens (tertiary/aromatic N) is 2. The lowest BCUT2D eigenvalue weighted by atomic mass is 10.1. The van der Waals surface area contributed by atoms with Gasteiger partial charge in [-0.05, 0) is 38.1 Å². The van der Waals surface area contributed by atoms with Crippen molar-refractivity contribution in [2.45, 2.75) is 30.4 Å². The maximum Gasteiger partial charge on any atom is 0.325 e. The fourth-order valence-corrected chi connectivity index (χ4v) is 4.62.